The van der Waals surface area contributed by atoms with E-state index in [9.17, 15) is 31.9 Å². The van der Waals surface area contributed by atoms with Crippen molar-refractivity contribution in [3.05, 3.63) is 83.0 Å². The molecule has 210 valence electrons. The molecule has 0 spiro atoms. The molecule has 0 bridgehead atoms. The van der Waals surface area contributed by atoms with Crippen LogP contribution in [0.3, 0.4) is 0 Å². The topological polar surface area (TPSA) is 68.7 Å². The van der Waals surface area contributed by atoms with Crippen LogP contribution in [0.15, 0.2) is 66.0 Å². The Hall–Kier alpha value is -3.69. The van der Waals surface area contributed by atoms with Gasteiger partial charge in [0.05, 0.1) is 5.92 Å². The highest BCUT2D eigenvalue weighted by Gasteiger charge is 2.53. The molecule has 3 atom stereocenters. The Morgan fingerprint density at radius 3 is 2.51 bits per heavy atom. The van der Waals surface area contributed by atoms with Gasteiger partial charge in [0.2, 0.25) is 11.5 Å². The third-order valence-corrected chi connectivity index (χ3v) is 6.64. The van der Waals surface area contributed by atoms with Crippen molar-refractivity contribution >= 4 is 5.97 Å². The molecule has 5 nitrogen and oxygen atoms in total. The van der Waals surface area contributed by atoms with Crippen molar-refractivity contribution < 1.29 is 41.3 Å². The molecule has 1 aliphatic carbocycles. The van der Waals surface area contributed by atoms with Crippen LogP contribution >= 0.6 is 0 Å². The molecule has 1 aromatic carbocycles. The van der Waals surface area contributed by atoms with Gasteiger partial charge in [0.25, 0.3) is 0 Å². The van der Waals surface area contributed by atoms with Crippen LogP contribution < -0.4 is 4.74 Å². The number of aromatic nitrogens is 1. The molecule has 2 aromatic rings. The highest BCUT2D eigenvalue weighted by molar-refractivity contribution is 5.77. The zero-order chi connectivity index (χ0) is 29.1. The summed E-state index contributed by atoms with van der Waals surface area (Å²) in [7, 11) is 0. The second-order valence-corrected chi connectivity index (χ2v) is 9.74. The molecule has 1 fully saturated rings. The van der Waals surface area contributed by atoms with Gasteiger partial charge in [0.15, 0.2) is 0 Å². The molecular weight excluding hydrogens is 521 g/mol. The minimum absolute atomic E-state index is 0.0818. The van der Waals surface area contributed by atoms with Crippen LogP contribution in [0.5, 0.6) is 5.88 Å². The quantitative estimate of drug-likeness (QED) is 0.258. The molecule has 39 heavy (non-hydrogen) atoms. The van der Waals surface area contributed by atoms with Crippen LogP contribution in [0.1, 0.15) is 38.4 Å². The minimum Gasteiger partial charge on any atom is -0.489 e. The number of aryl methyl sites for hydroxylation is 1. The number of hydrogen-bond donors (Lipinski definition) is 1. The number of hydrogen-bond acceptors (Lipinski definition) is 4. The van der Waals surface area contributed by atoms with Gasteiger partial charge in [-0.05, 0) is 74.1 Å². The van der Waals surface area contributed by atoms with Crippen LogP contribution in [0, 0.1) is 24.6 Å². The van der Waals surface area contributed by atoms with Gasteiger partial charge in [0, 0.05) is 22.9 Å². The zero-order valence-corrected chi connectivity index (χ0v) is 22.0. The summed E-state index contributed by atoms with van der Waals surface area (Å²) in [6.45, 7) is 8.10. The van der Waals surface area contributed by atoms with E-state index in [0.717, 1.165) is 5.57 Å². The first-order valence-electron chi connectivity index (χ1n) is 12.2. The molecule has 0 aliphatic heterocycles. The highest BCUT2D eigenvalue weighted by Crippen LogP contribution is 2.41. The standard InChI is InChI=1S/C29H30F5NO4/c1-6-22-20(11-16(2)26(22)27(36)37)12-17(3)38-14-21-13-19(7-9-24(21)30)23-8-10-25(35-18(23)4)39-15-28(5,31)29(32,33)34/h6-10,12-13,16,26H,3,11,14-15H2,1-2,4-5H3,(H,36,37)/b20-12-,22-6+. The van der Waals surface area contributed by atoms with E-state index in [1.54, 1.807) is 38.1 Å². The van der Waals surface area contributed by atoms with E-state index in [4.69, 9.17) is 9.47 Å². The molecule has 3 rings (SSSR count). The number of aliphatic carboxylic acids is 1. The van der Waals surface area contributed by atoms with Crippen molar-refractivity contribution in [3.8, 4) is 17.0 Å². The Balaban J connectivity index is 1.72. The minimum atomic E-state index is -5.08. The van der Waals surface area contributed by atoms with Crippen LogP contribution in [-0.2, 0) is 16.1 Å². The van der Waals surface area contributed by atoms with E-state index in [-0.39, 0.29) is 29.7 Å². The lowest BCUT2D eigenvalue weighted by molar-refractivity contribution is -0.231. The van der Waals surface area contributed by atoms with Crippen molar-refractivity contribution in [3.63, 3.8) is 0 Å². The summed E-state index contributed by atoms with van der Waals surface area (Å²) in [6, 6.07) is 7.19. The molecule has 1 N–H and O–H groups in total. The SMILES string of the molecule is C=C(/C=C1/CC(C)C(C(=O)O)/C1=C/C)OCc1cc(-c2ccc(OCC(C)(F)C(F)(F)F)nc2C)ccc1F. The highest BCUT2D eigenvalue weighted by atomic mass is 19.4. The van der Waals surface area contributed by atoms with E-state index in [0.29, 0.717) is 35.7 Å². The summed E-state index contributed by atoms with van der Waals surface area (Å²) in [5.74, 6) is -2.02. The summed E-state index contributed by atoms with van der Waals surface area (Å²) in [4.78, 5) is 15.7. The monoisotopic (exact) mass is 551 g/mol. The summed E-state index contributed by atoms with van der Waals surface area (Å²) >= 11 is 0. The van der Waals surface area contributed by atoms with Gasteiger partial charge in [-0.15, -0.1) is 0 Å². The first kappa shape index (κ1) is 29.9. The average Bonchev–Trinajstić information content (AvgIpc) is 3.16. The van der Waals surface area contributed by atoms with Crippen molar-refractivity contribution in [2.24, 2.45) is 11.8 Å². The second kappa shape index (κ2) is 11.6. The van der Waals surface area contributed by atoms with Crippen LogP contribution in [0.2, 0.25) is 0 Å². The maximum Gasteiger partial charge on any atom is 0.425 e. The molecule has 0 radical (unpaired) electrons. The number of carboxylic acids is 1. The molecule has 0 saturated heterocycles. The lowest BCUT2D eigenvalue weighted by atomic mass is 9.94. The predicted molar refractivity (Wildman–Crippen MR) is 136 cm³/mol. The molecule has 0 amide bonds. The predicted octanol–water partition coefficient (Wildman–Crippen LogP) is 7.51. The van der Waals surface area contributed by atoms with Crippen molar-refractivity contribution in [1.82, 2.24) is 4.98 Å². The number of alkyl halides is 4. The average molecular weight is 552 g/mol. The van der Waals surface area contributed by atoms with Gasteiger partial charge < -0.3 is 14.6 Å². The second-order valence-electron chi connectivity index (χ2n) is 9.74. The summed E-state index contributed by atoms with van der Waals surface area (Å²) in [5, 5.41) is 9.53. The van der Waals surface area contributed by atoms with Crippen molar-refractivity contribution in [2.45, 2.75) is 52.6 Å². The first-order chi connectivity index (χ1) is 18.1. The normalized spacial score (nSPS) is 21.2. The number of carboxylic acid groups (broad SMARTS) is 1. The molecule has 1 saturated carbocycles. The Kier molecular flexibility index (Phi) is 8.87. The molecule has 3 unspecified atom stereocenters. The Labute approximate surface area is 223 Å². The van der Waals surface area contributed by atoms with Gasteiger partial charge in [0.1, 0.15) is 24.8 Å². The van der Waals surface area contributed by atoms with E-state index in [1.165, 1.54) is 18.2 Å². The van der Waals surface area contributed by atoms with Crippen molar-refractivity contribution in [2.75, 3.05) is 6.61 Å². The van der Waals surface area contributed by atoms with E-state index in [2.05, 4.69) is 11.6 Å². The number of nitrogens with zero attached hydrogens (tertiary/aromatic N) is 1. The largest absolute Gasteiger partial charge is 0.489 e. The van der Waals surface area contributed by atoms with Gasteiger partial charge in [-0.1, -0.05) is 25.6 Å². The molecule has 1 aromatic heterocycles. The van der Waals surface area contributed by atoms with Crippen LogP contribution in [0.25, 0.3) is 11.1 Å². The fourth-order valence-corrected chi connectivity index (χ4v) is 4.45. The number of ether oxygens (including phenoxy) is 2. The molecular formula is C29H30F5NO4. The number of pyridine rings is 1. The van der Waals surface area contributed by atoms with Crippen LogP contribution in [-0.4, -0.2) is 34.5 Å². The maximum absolute atomic E-state index is 14.6. The third kappa shape index (κ3) is 6.85. The fourth-order valence-electron chi connectivity index (χ4n) is 4.45. The van der Waals surface area contributed by atoms with E-state index < -0.39 is 36.2 Å². The Bertz CT molecular complexity index is 1310. The third-order valence-electron chi connectivity index (χ3n) is 6.64. The van der Waals surface area contributed by atoms with Crippen molar-refractivity contribution in [1.29, 1.82) is 0 Å². The molecule has 1 heterocycles. The van der Waals surface area contributed by atoms with E-state index >= 15 is 0 Å². The van der Waals surface area contributed by atoms with E-state index in [1.807, 2.05) is 6.92 Å². The Morgan fingerprint density at radius 1 is 1.23 bits per heavy atom. The lowest BCUT2D eigenvalue weighted by Gasteiger charge is -2.23. The van der Waals surface area contributed by atoms with Gasteiger partial charge in [-0.2, -0.15) is 13.2 Å². The maximum atomic E-state index is 14.6. The summed E-state index contributed by atoms with van der Waals surface area (Å²) < 4.78 is 77.2. The van der Waals surface area contributed by atoms with Crippen LogP contribution in [0.4, 0.5) is 22.0 Å². The number of carbonyl (C=O) groups is 1. The molecule has 10 heteroatoms. The van der Waals surface area contributed by atoms with Gasteiger partial charge in [-0.3, -0.25) is 4.79 Å². The smallest absolute Gasteiger partial charge is 0.425 e. The summed E-state index contributed by atoms with van der Waals surface area (Å²) in [5.41, 5.74) is -0.265. The van der Waals surface area contributed by atoms with Gasteiger partial charge in [-0.25, -0.2) is 13.8 Å². The zero-order valence-electron chi connectivity index (χ0n) is 22.0. The number of allylic oxidation sites excluding steroid dienone is 3. The first-order valence-corrected chi connectivity index (χ1v) is 12.2. The number of benzene rings is 1. The number of halogens is 5. The fraction of sp³-hybridized carbons (Fsp3) is 0.379. The summed E-state index contributed by atoms with van der Waals surface area (Å²) in [6.07, 6.45) is -1.09. The van der Waals surface area contributed by atoms with Gasteiger partial charge >= 0.3 is 12.1 Å². The molecule has 1 aliphatic rings. The lowest BCUT2D eigenvalue weighted by Crippen LogP contribution is -2.43. The Morgan fingerprint density at radius 2 is 1.92 bits per heavy atom. The number of rotatable bonds is 9.